The Morgan fingerprint density at radius 2 is 2.07 bits per heavy atom. The Morgan fingerprint density at radius 3 is 2.53 bits per heavy atom. The number of rotatable bonds is 3. The third-order valence-corrected chi connectivity index (χ3v) is 1.99. The fraction of sp³-hybridized carbons (Fsp3) is 0.273. The van der Waals surface area contributed by atoms with Crippen LogP contribution in [0.3, 0.4) is 0 Å². The monoisotopic (exact) mass is 206 g/mol. The molecule has 0 saturated carbocycles. The van der Waals surface area contributed by atoms with E-state index in [4.69, 9.17) is 5.26 Å². The summed E-state index contributed by atoms with van der Waals surface area (Å²) in [7, 11) is 0. The second-order valence-corrected chi connectivity index (χ2v) is 2.95. The lowest BCUT2D eigenvalue weighted by Gasteiger charge is -2.19. The zero-order valence-electron chi connectivity index (χ0n) is 8.40. The summed E-state index contributed by atoms with van der Waals surface area (Å²) in [5, 5.41) is 8.41. The Hall–Kier alpha value is -1.89. The molecule has 0 radical (unpaired) electrons. The van der Waals surface area contributed by atoms with E-state index in [0.29, 0.717) is 12.2 Å². The van der Waals surface area contributed by atoms with Crippen LogP contribution >= 0.6 is 0 Å². The van der Waals surface area contributed by atoms with E-state index in [-0.39, 0.29) is 18.1 Å². The third kappa shape index (κ3) is 2.78. The number of nitrogens with zero attached hydrogens (tertiary/aromatic N) is 2. The van der Waals surface area contributed by atoms with Crippen LogP contribution in [-0.4, -0.2) is 12.5 Å². The normalized spacial score (nSPS) is 9.40. The minimum absolute atomic E-state index is 0.161. The van der Waals surface area contributed by atoms with Gasteiger partial charge in [0.05, 0.1) is 6.07 Å². The molecule has 0 saturated heterocycles. The van der Waals surface area contributed by atoms with Crippen LogP contribution in [0.15, 0.2) is 24.3 Å². The fourth-order valence-electron chi connectivity index (χ4n) is 1.29. The summed E-state index contributed by atoms with van der Waals surface area (Å²) in [6, 6.07) is 7.42. The maximum absolute atomic E-state index is 12.6. The van der Waals surface area contributed by atoms with Gasteiger partial charge in [0.15, 0.2) is 0 Å². The first-order valence-corrected chi connectivity index (χ1v) is 4.62. The van der Waals surface area contributed by atoms with Crippen LogP contribution in [0.2, 0.25) is 0 Å². The van der Waals surface area contributed by atoms with E-state index in [1.807, 2.05) is 0 Å². The lowest BCUT2D eigenvalue weighted by molar-refractivity contribution is -0.117. The molecule has 0 fully saturated rings. The summed E-state index contributed by atoms with van der Waals surface area (Å²) in [4.78, 5) is 12.9. The second-order valence-electron chi connectivity index (χ2n) is 2.95. The van der Waals surface area contributed by atoms with Crippen molar-refractivity contribution in [2.24, 2.45) is 0 Å². The minimum atomic E-state index is -0.345. The SMILES string of the molecule is CCN(C(=O)CC#N)c1ccc(F)cc1. The average molecular weight is 206 g/mol. The van der Waals surface area contributed by atoms with Crippen LogP contribution in [0.4, 0.5) is 10.1 Å². The standard InChI is InChI=1S/C11H11FN2O/c1-2-14(11(15)7-8-13)10-5-3-9(12)4-6-10/h3-6H,2,7H2,1H3. The molecule has 0 heterocycles. The fourth-order valence-corrected chi connectivity index (χ4v) is 1.29. The number of amides is 1. The highest BCUT2D eigenvalue weighted by Gasteiger charge is 2.12. The van der Waals surface area contributed by atoms with Gasteiger partial charge in [-0.15, -0.1) is 0 Å². The minimum Gasteiger partial charge on any atom is -0.312 e. The number of anilines is 1. The van der Waals surface area contributed by atoms with Gasteiger partial charge in [0.1, 0.15) is 12.2 Å². The summed E-state index contributed by atoms with van der Waals surface area (Å²) >= 11 is 0. The summed E-state index contributed by atoms with van der Waals surface area (Å²) in [6.07, 6.45) is -0.161. The van der Waals surface area contributed by atoms with Crippen molar-refractivity contribution in [3.63, 3.8) is 0 Å². The Bertz CT molecular complexity index is 381. The Kier molecular flexibility index (Phi) is 3.81. The van der Waals surface area contributed by atoms with Crippen molar-refractivity contribution in [1.82, 2.24) is 0 Å². The van der Waals surface area contributed by atoms with Crippen LogP contribution in [0.1, 0.15) is 13.3 Å². The van der Waals surface area contributed by atoms with Crippen molar-refractivity contribution >= 4 is 11.6 Å². The molecule has 15 heavy (non-hydrogen) atoms. The summed E-state index contributed by atoms with van der Waals surface area (Å²) < 4.78 is 12.6. The molecule has 1 aromatic rings. The second kappa shape index (κ2) is 5.11. The molecule has 1 amide bonds. The quantitative estimate of drug-likeness (QED) is 0.760. The molecular formula is C11H11FN2O. The van der Waals surface area contributed by atoms with Crippen LogP contribution in [0, 0.1) is 17.1 Å². The van der Waals surface area contributed by atoms with E-state index in [9.17, 15) is 9.18 Å². The lowest BCUT2D eigenvalue weighted by Crippen LogP contribution is -2.29. The summed E-state index contributed by atoms with van der Waals surface area (Å²) in [5.41, 5.74) is 0.610. The van der Waals surface area contributed by atoms with E-state index in [2.05, 4.69) is 0 Å². The maximum Gasteiger partial charge on any atom is 0.241 e. The van der Waals surface area contributed by atoms with Gasteiger partial charge in [-0.1, -0.05) is 0 Å². The number of carbonyl (C=O) groups is 1. The van der Waals surface area contributed by atoms with E-state index in [1.165, 1.54) is 29.2 Å². The zero-order chi connectivity index (χ0) is 11.3. The molecule has 0 bridgehead atoms. The molecule has 0 atom stereocenters. The number of carbonyl (C=O) groups excluding carboxylic acids is 1. The maximum atomic E-state index is 12.6. The van der Waals surface area contributed by atoms with Crippen molar-refractivity contribution < 1.29 is 9.18 Å². The highest BCUT2D eigenvalue weighted by atomic mass is 19.1. The smallest absolute Gasteiger partial charge is 0.241 e. The molecule has 0 aliphatic rings. The van der Waals surface area contributed by atoms with Gasteiger partial charge in [0.2, 0.25) is 5.91 Å². The molecule has 1 rings (SSSR count). The van der Waals surface area contributed by atoms with Gasteiger partial charge in [-0.2, -0.15) is 5.26 Å². The van der Waals surface area contributed by atoms with Crippen molar-refractivity contribution in [3.8, 4) is 6.07 Å². The number of benzene rings is 1. The number of nitriles is 1. The Morgan fingerprint density at radius 1 is 1.47 bits per heavy atom. The van der Waals surface area contributed by atoms with E-state index >= 15 is 0 Å². The van der Waals surface area contributed by atoms with Gasteiger partial charge < -0.3 is 4.90 Å². The third-order valence-electron chi connectivity index (χ3n) is 1.99. The molecule has 0 aromatic heterocycles. The lowest BCUT2D eigenvalue weighted by atomic mass is 10.2. The topological polar surface area (TPSA) is 44.1 Å². The number of halogens is 1. The van der Waals surface area contributed by atoms with E-state index < -0.39 is 0 Å². The van der Waals surface area contributed by atoms with Crippen molar-refractivity contribution in [2.45, 2.75) is 13.3 Å². The van der Waals surface area contributed by atoms with Crippen molar-refractivity contribution in [1.29, 1.82) is 5.26 Å². The Balaban J connectivity index is 2.88. The van der Waals surface area contributed by atoms with Crippen molar-refractivity contribution in [3.05, 3.63) is 30.1 Å². The average Bonchev–Trinajstić information content (AvgIpc) is 2.22. The molecule has 0 unspecified atom stereocenters. The van der Waals surface area contributed by atoms with Crippen LogP contribution < -0.4 is 4.90 Å². The van der Waals surface area contributed by atoms with Gasteiger partial charge in [-0.05, 0) is 31.2 Å². The molecule has 0 N–H and O–H groups in total. The van der Waals surface area contributed by atoms with Crippen LogP contribution in [0.25, 0.3) is 0 Å². The molecule has 3 nitrogen and oxygen atoms in total. The molecule has 0 aliphatic carbocycles. The molecule has 0 aliphatic heterocycles. The molecular weight excluding hydrogens is 195 g/mol. The molecule has 78 valence electrons. The molecule has 1 aromatic carbocycles. The largest absolute Gasteiger partial charge is 0.312 e. The Labute approximate surface area is 87.7 Å². The molecule has 4 heteroatoms. The van der Waals surface area contributed by atoms with Gasteiger partial charge in [0, 0.05) is 12.2 Å². The molecule has 0 spiro atoms. The van der Waals surface area contributed by atoms with Gasteiger partial charge in [-0.25, -0.2) is 4.39 Å². The first-order valence-electron chi connectivity index (χ1n) is 4.62. The van der Waals surface area contributed by atoms with Crippen LogP contribution in [0.5, 0.6) is 0 Å². The van der Waals surface area contributed by atoms with Gasteiger partial charge >= 0.3 is 0 Å². The number of hydrogen-bond donors (Lipinski definition) is 0. The van der Waals surface area contributed by atoms with Crippen LogP contribution in [-0.2, 0) is 4.79 Å². The highest BCUT2D eigenvalue weighted by Crippen LogP contribution is 2.15. The zero-order valence-corrected chi connectivity index (χ0v) is 8.40. The highest BCUT2D eigenvalue weighted by molar-refractivity contribution is 5.94. The summed E-state index contributed by atoms with van der Waals surface area (Å²) in [6.45, 7) is 2.27. The van der Waals surface area contributed by atoms with Crippen molar-refractivity contribution in [2.75, 3.05) is 11.4 Å². The predicted octanol–water partition coefficient (Wildman–Crippen LogP) is 2.09. The van der Waals surface area contributed by atoms with Gasteiger partial charge in [0.25, 0.3) is 0 Å². The van der Waals surface area contributed by atoms with E-state index in [1.54, 1.807) is 13.0 Å². The number of hydrogen-bond acceptors (Lipinski definition) is 2. The van der Waals surface area contributed by atoms with E-state index in [0.717, 1.165) is 0 Å². The first kappa shape index (κ1) is 11.2. The first-order chi connectivity index (χ1) is 7.19. The van der Waals surface area contributed by atoms with Gasteiger partial charge in [-0.3, -0.25) is 4.79 Å². The summed E-state index contributed by atoms with van der Waals surface area (Å²) in [5.74, 6) is -0.617. The predicted molar refractivity (Wildman–Crippen MR) is 54.7 cm³/mol.